The van der Waals surface area contributed by atoms with Crippen LogP contribution in [0.25, 0.3) is 22.0 Å². The summed E-state index contributed by atoms with van der Waals surface area (Å²) in [5, 5.41) is 0.308. The highest BCUT2D eigenvalue weighted by Gasteiger charge is 2.37. The van der Waals surface area contributed by atoms with Gasteiger partial charge >= 0.3 is 0 Å². The molecular formula is C23H27F2N3O2S. The van der Waals surface area contributed by atoms with Crippen molar-refractivity contribution in [2.45, 2.75) is 58.4 Å². The number of nitrogens with zero attached hydrogens (tertiary/aromatic N) is 2. The minimum Gasteiger partial charge on any atom is -0.347 e. The molecule has 0 bridgehead atoms. The van der Waals surface area contributed by atoms with Crippen molar-refractivity contribution >= 4 is 20.9 Å². The van der Waals surface area contributed by atoms with E-state index in [0.717, 1.165) is 11.7 Å². The number of halogens is 2. The Kier molecular flexibility index (Phi) is 5.42. The van der Waals surface area contributed by atoms with Crippen LogP contribution >= 0.6 is 0 Å². The molecule has 166 valence electrons. The minimum atomic E-state index is -3.40. The van der Waals surface area contributed by atoms with E-state index in [2.05, 4.69) is 30.5 Å². The fraction of sp³-hybridized carbons (Fsp3) is 0.435. The molecule has 1 aliphatic carbocycles. The summed E-state index contributed by atoms with van der Waals surface area (Å²) in [6.07, 6.45) is 5.75. The third-order valence-corrected chi connectivity index (χ3v) is 7.46. The van der Waals surface area contributed by atoms with Gasteiger partial charge in [0, 0.05) is 47.0 Å². The van der Waals surface area contributed by atoms with Gasteiger partial charge in [-0.2, -0.15) is 0 Å². The Morgan fingerprint density at radius 3 is 2.52 bits per heavy atom. The second-order valence-corrected chi connectivity index (χ2v) is 11.6. The Hall–Kier alpha value is -2.32. The number of sulfonamides is 1. The molecule has 0 radical (unpaired) electrons. The summed E-state index contributed by atoms with van der Waals surface area (Å²) in [5.41, 5.74) is 2.03. The molecule has 3 aromatic rings. The van der Waals surface area contributed by atoms with Crippen molar-refractivity contribution in [2.24, 2.45) is 5.41 Å². The predicted molar refractivity (Wildman–Crippen MR) is 118 cm³/mol. The molecule has 2 aromatic heterocycles. The molecule has 0 amide bonds. The molecule has 1 aliphatic rings. The van der Waals surface area contributed by atoms with Crippen LogP contribution in [0.15, 0.2) is 36.8 Å². The molecule has 1 N–H and O–H groups in total. The normalized spacial score (nSPS) is 16.1. The van der Waals surface area contributed by atoms with Crippen molar-refractivity contribution in [3.8, 4) is 11.1 Å². The second-order valence-electron chi connectivity index (χ2n) is 9.60. The van der Waals surface area contributed by atoms with Gasteiger partial charge in [0.15, 0.2) is 0 Å². The highest BCUT2D eigenvalue weighted by molar-refractivity contribution is 7.90. The Morgan fingerprint density at radius 1 is 1.19 bits per heavy atom. The van der Waals surface area contributed by atoms with Gasteiger partial charge in [-0.25, -0.2) is 21.9 Å². The van der Waals surface area contributed by atoms with Crippen LogP contribution in [0.4, 0.5) is 8.78 Å². The van der Waals surface area contributed by atoms with Gasteiger partial charge in [0.05, 0.1) is 11.4 Å². The number of pyridine rings is 1. The number of benzene rings is 1. The van der Waals surface area contributed by atoms with E-state index in [1.54, 1.807) is 13.0 Å². The molecular weight excluding hydrogens is 420 g/mol. The fourth-order valence-electron chi connectivity index (χ4n) is 3.89. The summed E-state index contributed by atoms with van der Waals surface area (Å²) in [7, 11) is -3.40. The van der Waals surface area contributed by atoms with Crippen LogP contribution < -0.4 is 4.72 Å². The monoisotopic (exact) mass is 447 g/mol. The highest BCUT2D eigenvalue weighted by Crippen LogP contribution is 2.36. The lowest BCUT2D eigenvalue weighted by Crippen LogP contribution is -2.29. The Balaban J connectivity index is 1.84. The molecule has 5 nitrogen and oxygen atoms in total. The van der Waals surface area contributed by atoms with E-state index < -0.39 is 27.7 Å². The van der Waals surface area contributed by atoms with Crippen LogP contribution in [0.3, 0.4) is 0 Å². The third-order valence-electron chi connectivity index (χ3n) is 5.43. The van der Waals surface area contributed by atoms with E-state index in [1.807, 2.05) is 10.8 Å². The molecule has 4 rings (SSSR count). The highest BCUT2D eigenvalue weighted by atomic mass is 32.2. The van der Waals surface area contributed by atoms with Gasteiger partial charge in [-0.05, 0) is 48.9 Å². The lowest BCUT2D eigenvalue weighted by Gasteiger charge is -2.20. The van der Waals surface area contributed by atoms with E-state index in [9.17, 15) is 12.8 Å². The number of aromatic nitrogens is 2. The first-order valence-corrected chi connectivity index (χ1v) is 11.9. The van der Waals surface area contributed by atoms with Crippen molar-refractivity contribution in [3.05, 3.63) is 54.0 Å². The van der Waals surface area contributed by atoms with Gasteiger partial charge in [-0.1, -0.05) is 20.8 Å². The topological polar surface area (TPSA) is 64.0 Å². The lowest BCUT2D eigenvalue weighted by atomic mass is 9.97. The molecule has 31 heavy (non-hydrogen) atoms. The van der Waals surface area contributed by atoms with E-state index in [-0.39, 0.29) is 16.2 Å². The summed E-state index contributed by atoms with van der Waals surface area (Å²) in [6, 6.07) is 3.85. The van der Waals surface area contributed by atoms with Gasteiger partial charge in [0.25, 0.3) is 0 Å². The Labute approximate surface area is 181 Å². The summed E-state index contributed by atoms with van der Waals surface area (Å²) in [5.74, 6) is -1.04. The van der Waals surface area contributed by atoms with E-state index >= 15 is 4.39 Å². The van der Waals surface area contributed by atoms with Gasteiger partial charge in [0.1, 0.15) is 11.6 Å². The largest absolute Gasteiger partial charge is 0.347 e. The summed E-state index contributed by atoms with van der Waals surface area (Å²) in [6.45, 7) is 8.71. The quantitative estimate of drug-likeness (QED) is 0.567. The molecule has 0 aliphatic heterocycles. The molecule has 1 fully saturated rings. The molecule has 2 heterocycles. The van der Waals surface area contributed by atoms with Gasteiger partial charge in [-0.3, -0.25) is 4.98 Å². The zero-order valence-electron chi connectivity index (χ0n) is 18.1. The fourth-order valence-corrected chi connectivity index (χ4v) is 5.46. The first kappa shape index (κ1) is 21.9. The van der Waals surface area contributed by atoms with Gasteiger partial charge in [-0.15, -0.1) is 0 Å². The molecule has 1 atom stereocenters. The SMILES string of the molecule is CC(NS(=O)(=O)C1CC1)c1cn(CC(C)(C)C)c2cc(-c3cncc(F)c3)c(F)cc12. The van der Waals surface area contributed by atoms with Crippen LogP contribution in [-0.4, -0.2) is 23.2 Å². The van der Waals surface area contributed by atoms with Crippen LogP contribution in [0, 0.1) is 17.0 Å². The molecule has 1 saturated carbocycles. The maximum Gasteiger partial charge on any atom is 0.215 e. The lowest BCUT2D eigenvalue weighted by molar-refractivity contribution is 0.349. The number of hydrogen-bond acceptors (Lipinski definition) is 3. The van der Waals surface area contributed by atoms with Crippen molar-refractivity contribution in [3.63, 3.8) is 0 Å². The average Bonchev–Trinajstić information content (AvgIpc) is 3.45. The predicted octanol–water partition coefficient (Wildman–Crippen LogP) is 5.17. The summed E-state index contributed by atoms with van der Waals surface area (Å²) in [4.78, 5) is 3.83. The molecule has 0 saturated heterocycles. The number of hydrogen-bond donors (Lipinski definition) is 1. The van der Waals surface area contributed by atoms with Crippen molar-refractivity contribution in [1.29, 1.82) is 0 Å². The maximum absolute atomic E-state index is 15.1. The van der Waals surface area contributed by atoms with Crippen molar-refractivity contribution < 1.29 is 17.2 Å². The van der Waals surface area contributed by atoms with E-state index in [4.69, 9.17) is 0 Å². The van der Waals surface area contributed by atoms with E-state index in [0.29, 0.717) is 35.9 Å². The second kappa shape index (κ2) is 7.67. The first-order chi connectivity index (χ1) is 14.4. The zero-order chi connectivity index (χ0) is 22.6. The molecule has 1 aromatic carbocycles. The minimum absolute atomic E-state index is 0.0606. The zero-order valence-corrected chi connectivity index (χ0v) is 18.9. The Bertz CT molecular complexity index is 1240. The Morgan fingerprint density at radius 2 is 1.90 bits per heavy atom. The van der Waals surface area contributed by atoms with Crippen molar-refractivity contribution in [2.75, 3.05) is 0 Å². The molecule has 8 heteroatoms. The van der Waals surface area contributed by atoms with Crippen LogP contribution in [0.5, 0.6) is 0 Å². The number of rotatable bonds is 6. The standard InChI is InChI=1S/C23H27F2N3O2S/c1-14(27-31(29,30)17-5-6-17)20-12-28(13-23(2,3)4)22-9-18(21(25)8-19(20)22)15-7-16(24)11-26-10-15/h7-12,14,17,27H,5-6,13H2,1-4H3. The van der Waals surface area contributed by atoms with Crippen LogP contribution in [-0.2, 0) is 16.6 Å². The third kappa shape index (κ3) is 4.65. The first-order valence-electron chi connectivity index (χ1n) is 10.4. The maximum atomic E-state index is 15.1. The summed E-state index contributed by atoms with van der Waals surface area (Å²) < 4.78 is 58.5. The summed E-state index contributed by atoms with van der Waals surface area (Å²) >= 11 is 0. The number of fused-ring (bicyclic) bond motifs is 1. The van der Waals surface area contributed by atoms with Crippen molar-refractivity contribution in [1.82, 2.24) is 14.3 Å². The van der Waals surface area contributed by atoms with Gasteiger partial charge in [0.2, 0.25) is 10.0 Å². The molecule has 0 spiro atoms. The average molecular weight is 448 g/mol. The van der Waals surface area contributed by atoms with E-state index in [1.165, 1.54) is 18.3 Å². The van der Waals surface area contributed by atoms with Crippen LogP contribution in [0.1, 0.15) is 52.1 Å². The smallest absolute Gasteiger partial charge is 0.215 e. The van der Waals surface area contributed by atoms with Gasteiger partial charge < -0.3 is 4.57 Å². The number of nitrogens with one attached hydrogen (secondary N) is 1. The van der Waals surface area contributed by atoms with Crippen LogP contribution in [0.2, 0.25) is 0 Å². The molecule has 1 unspecified atom stereocenters.